The number of benzene rings is 1. The van der Waals surface area contributed by atoms with Gasteiger partial charge in [-0.25, -0.2) is 9.07 Å². The summed E-state index contributed by atoms with van der Waals surface area (Å²) in [5.41, 5.74) is 0.973. The number of hydrogen-bond donors (Lipinski definition) is 0. The molecule has 0 aliphatic carbocycles. The molecule has 1 fully saturated rings. The number of halogens is 1. The first kappa shape index (κ1) is 16.4. The van der Waals surface area contributed by atoms with E-state index < -0.39 is 0 Å². The van der Waals surface area contributed by atoms with Gasteiger partial charge in [-0.2, -0.15) is 5.10 Å². The SMILES string of the molecule is CCOc1cn(-c2ccc(F)cc2)nc1C(=O)N1CCN(C)CC1. The highest BCUT2D eigenvalue weighted by Crippen LogP contribution is 2.22. The Bertz CT molecular complexity index is 706. The molecule has 1 aromatic carbocycles. The highest BCUT2D eigenvalue weighted by Gasteiger charge is 2.26. The Hall–Kier alpha value is -2.41. The topological polar surface area (TPSA) is 50.6 Å². The molecule has 1 aliphatic rings. The lowest BCUT2D eigenvalue weighted by Crippen LogP contribution is -2.47. The van der Waals surface area contributed by atoms with Crippen LogP contribution in [-0.2, 0) is 0 Å². The van der Waals surface area contributed by atoms with Crippen LogP contribution < -0.4 is 4.74 Å². The summed E-state index contributed by atoms with van der Waals surface area (Å²) in [5, 5.41) is 4.39. The summed E-state index contributed by atoms with van der Waals surface area (Å²) in [5.74, 6) is 0.00263. The monoisotopic (exact) mass is 332 g/mol. The first-order chi connectivity index (χ1) is 11.6. The minimum absolute atomic E-state index is 0.132. The van der Waals surface area contributed by atoms with Crippen molar-refractivity contribution in [3.05, 3.63) is 42.0 Å². The zero-order valence-corrected chi connectivity index (χ0v) is 13.9. The van der Waals surface area contributed by atoms with Crippen LogP contribution in [0.4, 0.5) is 4.39 Å². The smallest absolute Gasteiger partial charge is 0.278 e. The summed E-state index contributed by atoms with van der Waals surface area (Å²) < 4.78 is 20.2. The van der Waals surface area contributed by atoms with Crippen molar-refractivity contribution in [2.24, 2.45) is 0 Å². The third-order valence-electron chi connectivity index (χ3n) is 4.06. The van der Waals surface area contributed by atoms with Gasteiger partial charge in [0.25, 0.3) is 5.91 Å². The highest BCUT2D eigenvalue weighted by molar-refractivity contribution is 5.95. The Morgan fingerprint density at radius 3 is 2.50 bits per heavy atom. The van der Waals surface area contributed by atoms with Crippen molar-refractivity contribution in [1.82, 2.24) is 19.6 Å². The Labute approximate surface area is 140 Å². The van der Waals surface area contributed by atoms with Crippen molar-refractivity contribution in [2.45, 2.75) is 6.92 Å². The van der Waals surface area contributed by atoms with Crippen LogP contribution in [0, 0.1) is 5.82 Å². The van der Waals surface area contributed by atoms with Gasteiger partial charge in [0.15, 0.2) is 11.4 Å². The second kappa shape index (κ2) is 7.00. The van der Waals surface area contributed by atoms with Gasteiger partial charge in [0.1, 0.15) is 5.82 Å². The maximum Gasteiger partial charge on any atom is 0.278 e. The summed E-state index contributed by atoms with van der Waals surface area (Å²) in [6.07, 6.45) is 1.67. The first-order valence-electron chi connectivity index (χ1n) is 8.04. The predicted octanol–water partition coefficient (Wildman–Crippen LogP) is 1.80. The molecule has 1 saturated heterocycles. The molecule has 0 spiro atoms. The average molecular weight is 332 g/mol. The Balaban J connectivity index is 1.88. The summed E-state index contributed by atoms with van der Waals surface area (Å²) in [7, 11) is 2.04. The van der Waals surface area contributed by atoms with Crippen molar-refractivity contribution in [2.75, 3.05) is 39.8 Å². The molecule has 0 unspecified atom stereocenters. The minimum atomic E-state index is -0.315. The van der Waals surface area contributed by atoms with Gasteiger partial charge in [0.2, 0.25) is 0 Å². The predicted molar refractivity (Wildman–Crippen MR) is 88.1 cm³/mol. The summed E-state index contributed by atoms with van der Waals surface area (Å²) in [4.78, 5) is 16.8. The van der Waals surface area contributed by atoms with E-state index in [-0.39, 0.29) is 11.7 Å². The molecule has 0 N–H and O–H groups in total. The van der Waals surface area contributed by atoms with Crippen molar-refractivity contribution in [3.63, 3.8) is 0 Å². The lowest BCUT2D eigenvalue weighted by Gasteiger charge is -2.32. The molecule has 3 rings (SSSR count). The van der Waals surface area contributed by atoms with Gasteiger partial charge in [-0.3, -0.25) is 4.79 Å². The molecule has 0 bridgehead atoms. The summed E-state index contributed by atoms with van der Waals surface area (Å²) in [6.45, 7) is 5.33. The number of ether oxygens (including phenoxy) is 1. The number of carbonyl (C=O) groups excluding carboxylic acids is 1. The van der Waals surface area contributed by atoms with Gasteiger partial charge in [0.05, 0.1) is 18.5 Å². The standard InChI is InChI=1S/C17H21FN4O2/c1-3-24-15-12-22(14-6-4-13(18)5-7-14)19-16(15)17(23)21-10-8-20(2)9-11-21/h4-7,12H,3,8-11H2,1-2H3. The fourth-order valence-electron chi connectivity index (χ4n) is 2.65. The summed E-state index contributed by atoms with van der Waals surface area (Å²) >= 11 is 0. The molecular weight excluding hydrogens is 311 g/mol. The van der Waals surface area contributed by atoms with Gasteiger partial charge in [0, 0.05) is 26.2 Å². The Morgan fingerprint density at radius 2 is 1.88 bits per heavy atom. The molecule has 128 valence electrons. The van der Waals surface area contributed by atoms with Gasteiger partial charge in [-0.15, -0.1) is 0 Å². The zero-order valence-electron chi connectivity index (χ0n) is 13.9. The molecule has 1 aliphatic heterocycles. The summed E-state index contributed by atoms with van der Waals surface area (Å²) in [6, 6.07) is 5.95. The molecule has 7 heteroatoms. The van der Waals surface area contributed by atoms with E-state index in [1.807, 2.05) is 14.0 Å². The normalized spacial score (nSPS) is 15.5. The third kappa shape index (κ3) is 3.41. The number of carbonyl (C=O) groups is 1. The van der Waals surface area contributed by atoms with Gasteiger partial charge >= 0.3 is 0 Å². The van der Waals surface area contributed by atoms with E-state index in [0.29, 0.717) is 36.8 Å². The fraction of sp³-hybridized carbons (Fsp3) is 0.412. The number of aromatic nitrogens is 2. The van der Waals surface area contributed by atoms with Crippen LogP contribution in [0.1, 0.15) is 17.4 Å². The largest absolute Gasteiger partial charge is 0.490 e. The van der Waals surface area contributed by atoms with Crippen LogP contribution in [0.3, 0.4) is 0 Å². The molecule has 0 radical (unpaired) electrons. The second-order valence-electron chi connectivity index (χ2n) is 5.79. The molecule has 2 heterocycles. The maximum absolute atomic E-state index is 13.1. The third-order valence-corrected chi connectivity index (χ3v) is 4.06. The molecule has 0 saturated carbocycles. The van der Waals surface area contributed by atoms with E-state index in [9.17, 15) is 9.18 Å². The number of nitrogens with zero attached hydrogens (tertiary/aromatic N) is 4. The second-order valence-corrected chi connectivity index (χ2v) is 5.79. The number of amides is 1. The number of hydrogen-bond acceptors (Lipinski definition) is 4. The maximum atomic E-state index is 13.1. The van der Waals surface area contributed by atoms with Crippen LogP contribution in [0.15, 0.2) is 30.5 Å². The van der Waals surface area contributed by atoms with Crippen LogP contribution in [0.2, 0.25) is 0 Å². The van der Waals surface area contributed by atoms with E-state index >= 15 is 0 Å². The molecule has 1 aromatic heterocycles. The zero-order chi connectivity index (χ0) is 17.1. The molecule has 2 aromatic rings. The Kier molecular flexibility index (Phi) is 4.80. The van der Waals surface area contributed by atoms with Gasteiger partial charge in [-0.05, 0) is 38.2 Å². The average Bonchev–Trinajstić information content (AvgIpc) is 3.00. The van der Waals surface area contributed by atoms with E-state index in [0.717, 1.165) is 13.1 Å². The molecule has 0 atom stereocenters. The van der Waals surface area contributed by atoms with Gasteiger partial charge < -0.3 is 14.5 Å². The van der Waals surface area contributed by atoms with Crippen molar-refractivity contribution < 1.29 is 13.9 Å². The lowest BCUT2D eigenvalue weighted by atomic mass is 10.3. The van der Waals surface area contributed by atoms with E-state index in [2.05, 4.69) is 10.00 Å². The van der Waals surface area contributed by atoms with Crippen LogP contribution in [-0.4, -0.2) is 65.3 Å². The van der Waals surface area contributed by atoms with E-state index in [1.165, 1.54) is 12.1 Å². The van der Waals surface area contributed by atoms with Crippen molar-refractivity contribution in [1.29, 1.82) is 0 Å². The molecule has 24 heavy (non-hydrogen) atoms. The van der Waals surface area contributed by atoms with E-state index in [1.54, 1.807) is 27.9 Å². The highest BCUT2D eigenvalue weighted by atomic mass is 19.1. The number of rotatable bonds is 4. The van der Waals surface area contributed by atoms with Crippen molar-refractivity contribution >= 4 is 5.91 Å². The van der Waals surface area contributed by atoms with Crippen LogP contribution in [0.5, 0.6) is 5.75 Å². The lowest BCUT2D eigenvalue weighted by molar-refractivity contribution is 0.0654. The molecule has 1 amide bonds. The van der Waals surface area contributed by atoms with Crippen molar-refractivity contribution in [3.8, 4) is 11.4 Å². The van der Waals surface area contributed by atoms with Crippen LogP contribution in [0.25, 0.3) is 5.69 Å². The Morgan fingerprint density at radius 1 is 1.21 bits per heavy atom. The molecule has 6 nitrogen and oxygen atoms in total. The fourth-order valence-corrected chi connectivity index (χ4v) is 2.65. The number of piperazine rings is 1. The van der Waals surface area contributed by atoms with Crippen LogP contribution >= 0.6 is 0 Å². The minimum Gasteiger partial charge on any atom is -0.490 e. The molecular formula is C17H21FN4O2. The quantitative estimate of drug-likeness (QED) is 0.857. The number of likely N-dealkylation sites (N-methyl/N-ethyl adjacent to an activating group) is 1. The van der Waals surface area contributed by atoms with Gasteiger partial charge in [-0.1, -0.05) is 0 Å². The first-order valence-corrected chi connectivity index (χ1v) is 8.04. The van der Waals surface area contributed by atoms with E-state index in [4.69, 9.17) is 4.74 Å².